The first-order valence-electron chi connectivity index (χ1n) is 5.40. The van der Waals surface area contributed by atoms with Gasteiger partial charge in [-0.3, -0.25) is 5.10 Å². The van der Waals surface area contributed by atoms with E-state index in [0.29, 0.717) is 12.5 Å². The van der Waals surface area contributed by atoms with Gasteiger partial charge in [0.25, 0.3) is 0 Å². The lowest BCUT2D eigenvalue weighted by molar-refractivity contribution is 0.817. The maximum absolute atomic E-state index is 5.58. The second kappa shape index (κ2) is 4.03. The van der Waals surface area contributed by atoms with E-state index >= 15 is 0 Å². The minimum absolute atomic E-state index is 0.475. The number of rotatable bonds is 3. The standard InChI is InChI=1S/C12H17N3/c1-8(2)11-10-5-3-4-9(6-7-13)12(10)15-14-11/h3-5,8H,6-7,13H2,1-2H3,(H,14,15). The van der Waals surface area contributed by atoms with Crippen molar-refractivity contribution in [3.05, 3.63) is 29.5 Å². The number of fused-ring (bicyclic) bond motifs is 1. The molecule has 2 rings (SSSR count). The lowest BCUT2D eigenvalue weighted by Gasteiger charge is -2.02. The number of hydrogen-bond donors (Lipinski definition) is 2. The van der Waals surface area contributed by atoms with E-state index in [1.54, 1.807) is 0 Å². The van der Waals surface area contributed by atoms with Gasteiger partial charge in [0.15, 0.2) is 0 Å². The van der Waals surface area contributed by atoms with Crippen LogP contribution >= 0.6 is 0 Å². The zero-order chi connectivity index (χ0) is 10.8. The van der Waals surface area contributed by atoms with Crippen molar-refractivity contribution in [2.45, 2.75) is 26.2 Å². The molecular weight excluding hydrogens is 186 g/mol. The average molecular weight is 203 g/mol. The molecule has 0 saturated carbocycles. The number of para-hydroxylation sites is 1. The summed E-state index contributed by atoms with van der Waals surface area (Å²) in [5.41, 5.74) is 9.10. The first-order valence-corrected chi connectivity index (χ1v) is 5.40. The van der Waals surface area contributed by atoms with Gasteiger partial charge in [0.05, 0.1) is 5.52 Å². The van der Waals surface area contributed by atoms with Crippen molar-refractivity contribution < 1.29 is 0 Å². The highest BCUT2D eigenvalue weighted by Gasteiger charge is 2.10. The number of nitrogens with one attached hydrogen (secondary N) is 1. The minimum atomic E-state index is 0.475. The fourth-order valence-corrected chi connectivity index (χ4v) is 1.91. The molecule has 15 heavy (non-hydrogen) atoms. The Kier molecular flexibility index (Phi) is 2.73. The number of aromatic nitrogens is 2. The normalized spacial score (nSPS) is 11.5. The fraction of sp³-hybridized carbons (Fsp3) is 0.417. The number of aromatic amines is 1. The van der Waals surface area contributed by atoms with Crippen molar-refractivity contribution in [2.75, 3.05) is 6.54 Å². The molecule has 3 heteroatoms. The summed E-state index contributed by atoms with van der Waals surface area (Å²) in [7, 11) is 0. The summed E-state index contributed by atoms with van der Waals surface area (Å²) in [5.74, 6) is 0.475. The Morgan fingerprint density at radius 3 is 2.87 bits per heavy atom. The van der Waals surface area contributed by atoms with Gasteiger partial charge in [-0.05, 0) is 24.4 Å². The Morgan fingerprint density at radius 2 is 2.20 bits per heavy atom. The van der Waals surface area contributed by atoms with Crippen LogP contribution in [0.1, 0.15) is 31.0 Å². The van der Waals surface area contributed by atoms with Crippen molar-refractivity contribution in [1.82, 2.24) is 10.2 Å². The van der Waals surface area contributed by atoms with Crippen molar-refractivity contribution >= 4 is 10.9 Å². The van der Waals surface area contributed by atoms with Gasteiger partial charge in [-0.15, -0.1) is 0 Å². The molecular formula is C12H17N3. The summed E-state index contributed by atoms with van der Waals surface area (Å²) < 4.78 is 0. The van der Waals surface area contributed by atoms with Crippen LogP contribution in [0.3, 0.4) is 0 Å². The predicted octanol–water partition coefficient (Wildman–Crippen LogP) is 2.19. The third kappa shape index (κ3) is 1.75. The van der Waals surface area contributed by atoms with Crippen LogP contribution in [0, 0.1) is 0 Å². The van der Waals surface area contributed by atoms with E-state index in [1.165, 1.54) is 16.6 Å². The van der Waals surface area contributed by atoms with Crippen molar-refractivity contribution in [3.63, 3.8) is 0 Å². The van der Waals surface area contributed by atoms with Crippen molar-refractivity contribution in [1.29, 1.82) is 0 Å². The highest BCUT2D eigenvalue weighted by Crippen LogP contribution is 2.24. The number of benzene rings is 1. The topological polar surface area (TPSA) is 54.7 Å². The molecule has 0 atom stereocenters. The molecule has 0 bridgehead atoms. The Morgan fingerprint density at radius 1 is 1.40 bits per heavy atom. The van der Waals surface area contributed by atoms with Gasteiger partial charge >= 0.3 is 0 Å². The van der Waals surface area contributed by atoms with Gasteiger partial charge in [0, 0.05) is 11.1 Å². The maximum atomic E-state index is 5.58. The molecule has 0 spiro atoms. The van der Waals surface area contributed by atoms with Crippen LogP contribution in [-0.2, 0) is 6.42 Å². The molecule has 0 unspecified atom stereocenters. The van der Waals surface area contributed by atoms with Crippen LogP contribution in [0.2, 0.25) is 0 Å². The van der Waals surface area contributed by atoms with Crippen LogP contribution in [0.4, 0.5) is 0 Å². The first-order chi connectivity index (χ1) is 7.24. The van der Waals surface area contributed by atoms with Crippen molar-refractivity contribution in [3.8, 4) is 0 Å². The number of H-pyrrole nitrogens is 1. The van der Waals surface area contributed by atoms with Crippen molar-refractivity contribution in [2.24, 2.45) is 5.73 Å². The van der Waals surface area contributed by atoms with E-state index in [9.17, 15) is 0 Å². The third-order valence-corrected chi connectivity index (χ3v) is 2.69. The molecule has 0 radical (unpaired) electrons. The molecule has 3 N–H and O–H groups in total. The third-order valence-electron chi connectivity index (χ3n) is 2.69. The first kappa shape index (κ1) is 10.2. The Hall–Kier alpha value is -1.35. The number of hydrogen-bond acceptors (Lipinski definition) is 2. The van der Waals surface area contributed by atoms with Gasteiger partial charge in [-0.25, -0.2) is 0 Å². The zero-order valence-electron chi connectivity index (χ0n) is 9.25. The molecule has 2 aromatic rings. The van der Waals surface area contributed by atoms with Crippen LogP contribution in [0.25, 0.3) is 10.9 Å². The Labute approximate surface area is 89.7 Å². The van der Waals surface area contributed by atoms with Gasteiger partial charge in [0.1, 0.15) is 0 Å². The van der Waals surface area contributed by atoms with E-state index in [4.69, 9.17) is 5.73 Å². The lowest BCUT2D eigenvalue weighted by Crippen LogP contribution is -2.02. The second-order valence-corrected chi connectivity index (χ2v) is 4.14. The predicted molar refractivity (Wildman–Crippen MR) is 62.9 cm³/mol. The zero-order valence-corrected chi connectivity index (χ0v) is 9.25. The second-order valence-electron chi connectivity index (χ2n) is 4.14. The van der Waals surface area contributed by atoms with Crippen LogP contribution in [0.5, 0.6) is 0 Å². The minimum Gasteiger partial charge on any atom is -0.330 e. The molecule has 0 saturated heterocycles. The van der Waals surface area contributed by atoms with E-state index in [0.717, 1.165) is 11.9 Å². The summed E-state index contributed by atoms with van der Waals surface area (Å²) in [6, 6.07) is 6.29. The molecule has 1 aromatic carbocycles. The monoisotopic (exact) mass is 203 g/mol. The molecule has 0 fully saturated rings. The molecule has 0 aliphatic heterocycles. The SMILES string of the molecule is CC(C)c1[nH]nc2c(CCN)cccc12. The summed E-state index contributed by atoms with van der Waals surface area (Å²) >= 11 is 0. The summed E-state index contributed by atoms with van der Waals surface area (Å²) in [4.78, 5) is 0. The van der Waals surface area contributed by atoms with E-state index in [-0.39, 0.29) is 0 Å². The highest BCUT2D eigenvalue weighted by molar-refractivity contribution is 5.84. The van der Waals surface area contributed by atoms with Gasteiger partial charge < -0.3 is 5.73 Å². The summed E-state index contributed by atoms with van der Waals surface area (Å²) in [6.07, 6.45) is 0.889. The smallest absolute Gasteiger partial charge is 0.0956 e. The van der Waals surface area contributed by atoms with Gasteiger partial charge in [-0.1, -0.05) is 32.0 Å². The van der Waals surface area contributed by atoms with E-state index in [2.05, 4.69) is 42.2 Å². The summed E-state index contributed by atoms with van der Waals surface area (Å²) in [5, 5.41) is 8.73. The molecule has 1 heterocycles. The molecule has 3 nitrogen and oxygen atoms in total. The number of nitrogens with two attached hydrogens (primary N) is 1. The van der Waals surface area contributed by atoms with E-state index in [1.807, 2.05) is 0 Å². The molecule has 1 aromatic heterocycles. The van der Waals surface area contributed by atoms with Gasteiger partial charge in [-0.2, -0.15) is 5.10 Å². The largest absolute Gasteiger partial charge is 0.330 e. The summed E-state index contributed by atoms with van der Waals surface area (Å²) in [6.45, 7) is 5.01. The highest BCUT2D eigenvalue weighted by atomic mass is 15.1. The van der Waals surface area contributed by atoms with Crippen LogP contribution < -0.4 is 5.73 Å². The average Bonchev–Trinajstić information content (AvgIpc) is 2.62. The Balaban J connectivity index is 2.58. The molecule has 80 valence electrons. The van der Waals surface area contributed by atoms with Crippen LogP contribution in [0.15, 0.2) is 18.2 Å². The Bertz CT molecular complexity index is 457. The molecule has 0 amide bonds. The lowest BCUT2D eigenvalue weighted by atomic mass is 10.0. The number of nitrogens with zero attached hydrogens (tertiary/aromatic N) is 1. The fourth-order valence-electron chi connectivity index (χ4n) is 1.91. The van der Waals surface area contributed by atoms with Crippen LogP contribution in [-0.4, -0.2) is 16.7 Å². The quantitative estimate of drug-likeness (QED) is 0.803. The molecule has 0 aliphatic rings. The van der Waals surface area contributed by atoms with E-state index < -0.39 is 0 Å². The maximum Gasteiger partial charge on any atom is 0.0956 e. The molecule has 0 aliphatic carbocycles. The van der Waals surface area contributed by atoms with Gasteiger partial charge in [0.2, 0.25) is 0 Å².